The Hall–Kier alpha value is -1.19. The maximum atomic E-state index is 3.90. The van der Waals surface area contributed by atoms with Crippen molar-refractivity contribution in [3.05, 3.63) is 35.4 Å². The number of benzene rings is 1. The van der Waals surface area contributed by atoms with Crippen LogP contribution in [0.25, 0.3) is 0 Å². The Bertz CT molecular complexity index is 373. The molecular weight excluding hydrogens is 282 g/mol. The summed E-state index contributed by atoms with van der Waals surface area (Å²) in [5.41, 5.74) is 2.56. The summed E-state index contributed by atoms with van der Waals surface area (Å²) >= 11 is 0. The SMILES string of the molecule is C=NCc1ccc(CNCCCCN(CC)CCC)cc1.CC. The Kier molecular flexibility index (Phi) is 14.9. The van der Waals surface area contributed by atoms with Gasteiger partial charge in [0.1, 0.15) is 0 Å². The third-order valence-corrected chi connectivity index (χ3v) is 3.71. The molecule has 3 nitrogen and oxygen atoms in total. The molecule has 0 aliphatic heterocycles. The molecule has 3 heteroatoms. The molecule has 132 valence electrons. The van der Waals surface area contributed by atoms with Crippen LogP contribution in [0, 0.1) is 0 Å². The van der Waals surface area contributed by atoms with Gasteiger partial charge < -0.3 is 10.2 Å². The highest BCUT2D eigenvalue weighted by Gasteiger charge is 2.00. The summed E-state index contributed by atoms with van der Waals surface area (Å²) < 4.78 is 0. The van der Waals surface area contributed by atoms with Gasteiger partial charge >= 0.3 is 0 Å². The van der Waals surface area contributed by atoms with E-state index < -0.39 is 0 Å². The highest BCUT2D eigenvalue weighted by Crippen LogP contribution is 2.05. The first kappa shape index (κ1) is 21.8. The quantitative estimate of drug-likeness (QED) is 0.453. The summed E-state index contributed by atoms with van der Waals surface area (Å²) in [7, 11) is 0. The van der Waals surface area contributed by atoms with Crippen LogP contribution in [0.4, 0.5) is 0 Å². The van der Waals surface area contributed by atoms with Crippen molar-refractivity contribution in [2.45, 2.75) is 60.0 Å². The van der Waals surface area contributed by atoms with Gasteiger partial charge in [0.2, 0.25) is 0 Å². The lowest BCUT2D eigenvalue weighted by molar-refractivity contribution is 0.282. The minimum Gasteiger partial charge on any atom is -0.313 e. The fourth-order valence-electron chi connectivity index (χ4n) is 2.45. The first-order valence-corrected chi connectivity index (χ1v) is 9.23. The monoisotopic (exact) mass is 319 g/mol. The van der Waals surface area contributed by atoms with Gasteiger partial charge in [-0.05, 0) is 63.3 Å². The van der Waals surface area contributed by atoms with Crippen molar-refractivity contribution in [2.75, 3.05) is 26.2 Å². The summed E-state index contributed by atoms with van der Waals surface area (Å²) in [5, 5.41) is 3.52. The van der Waals surface area contributed by atoms with Crippen molar-refractivity contribution in [3.63, 3.8) is 0 Å². The standard InChI is InChI=1S/C18H31N3.C2H6/c1-4-13-21(5-2)14-7-6-12-20-16-18-10-8-17(9-11-18)15-19-3;1-2/h8-11,20H,3-7,12-16H2,1-2H3;1-2H3. The molecule has 1 aromatic rings. The minimum atomic E-state index is 0.708. The maximum Gasteiger partial charge on any atom is 0.0632 e. The Morgan fingerprint density at radius 1 is 1.00 bits per heavy atom. The average Bonchev–Trinajstić information content (AvgIpc) is 2.60. The predicted molar refractivity (Wildman–Crippen MR) is 104 cm³/mol. The lowest BCUT2D eigenvalue weighted by Gasteiger charge is -2.19. The number of hydrogen-bond acceptors (Lipinski definition) is 3. The Morgan fingerprint density at radius 3 is 2.22 bits per heavy atom. The molecule has 0 bridgehead atoms. The van der Waals surface area contributed by atoms with E-state index in [-0.39, 0.29) is 0 Å². The normalized spacial score (nSPS) is 10.3. The van der Waals surface area contributed by atoms with Gasteiger partial charge in [-0.1, -0.05) is 52.0 Å². The highest BCUT2D eigenvalue weighted by molar-refractivity contribution is 5.27. The second-order valence-electron chi connectivity index (χ2n) is 5.52. The summed E-state index contributed by atoms with van der Waals surface area (Å²) in [6.07, 6.45) is 3.78. The summed E-state index contributed by atoms with van der Waals surface area (Å²) in [6.45, 7) is 18.4. The fraction of sp³-hybridized carbons (Fsp3) is 0.650. The van der Waals surface area contributed by atoms with Crippen LogP contribution in [0.3, 0.4) is 0 Å². The van der Waals surface area contributed by atoms with Crippen molar-refractivity contribution in [3.8, 4) is 0 Å². The van der Waals surface area contributed by atoms with Crippen LogP contribution in [0.15, 0.2) is 29.3 Å². The second-order valence-corrected chi connectivity index (χ2v) is 5.52. The molecule has 0 aliphatic rings. The Morgan fingerprint density at radius 2 is 1.65 bits per heavy atom. The molecule has 0 aliphatic carbocycles. The van der Waals surface area contributed by atoms with Gasteiger partial charge in [0.25, 0.3) is 0 Å². The van der Waals surface area contributed by atoms with E-state index in [1.807, 2.05) is 13.8 Å². The van der Waals surface area contributed by atoms with Crippen LogP contribution in [0.2, 0.25) is 0 Å². The van der Waals surface area contributed by atoms with Crippen LogP contribution < -0.4 is 5.32 Å². The van der Waals surface area contributed by atoms with E-state index in [9.17, 15) is 0 Å². The number of rotatable bonds is 12. The molecule has 0 unspecified atom stereocenters. The molecule has 0 radical (unpaired) electrons. The molecule has 0 aromatic heterocycles. The van der Waals surface area contributed by atoms with Crippen molar-refractivity contribution in [1.29, 1.82) is 0 Å². The molecule has 0 fully saturated rings. The van der Waals surface area contributed by atoms with Gasteiger partial charge in [-0.15, -0.1) is 0 Å². The van der Waals surface area contributed by atoms with Crippen LogP contribution in [-0.4, -0.2) is 37.8 Å². The zero-order valence-corrected chi connectivity index (χ0v) is 15.8. The number of nitrogens with zero attached hydrogens (tertiary/aromatic N) is 2. The topological polar surface area (TPSA) is 27.6 Å². The van der Waals surface area contributed by atoms with Crippen molar-refractivity contribution < 1.29 is 0 Å². The summed E-state index contributed by atoms with van der Waals surface area (Å²) in [4.78, 5) is 6.43. The van der Waals surface area contributed by atoms with E-state index in [4.69, 9.17) is 0 Å². The molecule has 0 atom stereocenters. The maximum absolute atomic E-state index is 3.90. The number of aliphatic imine (C=N–C) groups is 1. The van der Waals surface area contributed by atoms with Gasteiger partial charge in [-0.3, -0.25) is 4.99 Å². The molecule has 0 amide bonds. The Balaban J connectivity index is 0.00000232. The number of unbranched alkanes of at least 4 members (excludes halogenated alkanes) is 1. The average molecular weight is 320 g/mol. The van der Waals surface area contributed by atoms with Crippen molar-refractivity contribution in [2.24, 2.45) is 4.99 Å². The van der Waals surface area contributed by atoms with E-state index in [0.29, 0.717) is 6.54 Å². The van der Waals surface area contributed by atoms with Crippen LogP contribution in [0.5, 0.6) is 0 Å². The van der Waals surface area contributed by atoms with Crippen LogP contribution >= 0.6 is 0 Å². The lowest BCUT2D eigenvalue weighted by Crippen LogP contribution is -2.26. The molecule has 23 heavy (non-hydrogen) atoms. The van der Waals surface area contributed by atoms with Gasteiger partial charge in [-0.25, -0.2) is 0 Å². The minimum absolute atomic E-state index is 0.708. The summed E-state index contributed by atoms with van der Waals surface area (Å²) in [6, 6.07) is 8.62. The molecule has 0 saturated carbocycles. The van der Waals surface area contributed by atoms with E-state index in [2.05, 4.69) is 60.0 Å². The zero-order chi connectivity index (χ0) is 17.3. The van der Waals surface area contributed by atoms with E-state index in [1.165, 1.54) is 50.0 Å². The molecular formula is C20H37N3. The van der Waals surface area contributed by atoms with Gasteiger partial charge in [-0.2, -0.15) is 0 Å². The molecule has 1 rings (SSSR count). The predicted octanol–water partition coefficient (Wildman–Crippen LogP) is 4.52. The summed E-state index contributed by atoms with van der Waals surface area (Å²) in [5.74, 6) is 0. The molecule has 0 heterocycles. The van der Waals surface area contributed by atoms with Crippen molar-refractivity contribution >= 4 is 6.72 Å². The zero-order valence-electron chi connectivity index (χ0n) is 15.8. The smallest absolute Gasteiger partial charge is 0.0632 e. The highest BCUT2D eigenvalue weighted by atomic mass is 15.1. The first-order valence-electron chi connectivity index (χ1n) is 9.23. The van der Waals surface area contributed by atoms with Gasteiger partial charge in [0, 0.05) is 6.54 Å². The Labute approximate surface area is 144 Å². The number of hydrogen-bond donors (Lipinski definition) is 1. The van der Waals surface area contributed by atoms with Crippen LogP contribution in [-0.2, 0) is 13.1 Å². The third-order valence-electron chi connectivity index (χ3n) is 3.71. The van der Waals surface area contributed by atoms with E-state index >= 15 is 0 Å². The first-order chi connectivity index (χ1) is 11.3. The third kappa shape index (κ3) is 11.1. The van der Waals surface area contributed by atoms with Crippen LogP contribution in [0.1, 0.15) is 58.1 Å². The molecule has 0 spiro atoms. The van der Waals surface area contributed by atoms with Gasteiger partial charge in [0.05, 0.1) is 6.54 Å². The fourth-order valence-corrected chi connectivity index (χ4v) is 2.45. The molecule has 1 N–H and O–H groups in total. The van der Waals surface area contributed by atoms with E-state index in [0.717, 1.165) is 13.1 Å². The van der Waals surface area contributed by atoms with Crippen molar-refractivity contribution in [1.82, 2.24) is 10.2 Å². The molecule has 0 saturated heterocycles. The second kappa shape index (κ2) is 15.7. The van der Waals surface area contributed by atoms with Gasteiger partial charge in [0.15, 0.2) is 0 Å². The van der Waals surface area contributed by atoms with E-state index in [1.54, 1.807) is 0 Å². The number of nitrogens with one attached hydrogen (secondary N) is 1. The largest absolute Gasteiger partial charge is 0.313 e. The lowest BCUT2D eigenvalue weighted by atomic mass is 10.1. The molecule has 1 aromatic carbocycles.